The number of benzene rings is 1. The van der Waals surface area contributed by atoms with Crippen molar-refractivity contribution >= 4 is 28.8 Å². The molecule has 24 heavy (non-hydrogen) atoms. The molecule has 0 unspecified atom stereocenters. The molecule has 7 heteroatoms. The van der Waals surface area contributed by atoms with Crippen LogP contribution in [-0.2, 0) is 14.3 Å². The molecular formula is C17H17FN2O3S. The average molecular weight is 348 g/mol. The van der Waals surface area contributed by atoms with Crippen LogP contribution in [0.5, 0.6) is 0 Å². The standard InChI is InChI=1S/C17H17FN2O3S/c1-3-23-16(22)14-10(2)19-17-20(13(21)8-9-24-17)15(14)11-6-4-5-7-12(11)18/h4-7,15H,3,8-9H2,1-2H3/t15-/m1/s1. The summed E-state index contributed by atoms with van der Waals surface area (Å²) in [6.45, 7) is 3.58. The minimum Gasteiger partial charge on any atom is -0.463 e. The van der Waals surface area contributed by atoms with Crippen LogP contribution in [0.1, 0.15) is 31.9 Å². The molecule has 5 nitrogen and oxygen atoms in total. The van der Waals surface area contributed by atoms with Gasteiger partial charge in [-0.05, 0) is 19.9 Å². The number of aliphatic imine (C=N–C) groups is 1. The number of carbonyl (C=O) groups is 2. The summed E-state index contributed by atoms with van der Waals surface area (Å²) in [6, 6.07) is 5.31. The summed E-state index contributed by atoms with van der Waals surface area (Å²) in [5.74, 6) is -0.591. The summed E-state index contributed by atoms with van der Waals surface area (Å²) >= 11 is 1.43. The van der Waals surface area contributed by atoms with Crippen molar-refractivity contribution in [2.45, 2.75) is 26.3 Å². The van der Waals surface area contributed by atoms with Gasteiger partial charge < -0.3 is 4.74 Å². The molecule has 1 atom stereocenters. The first-order valence-electron chi connectivity index (χ1n) is 7.70. The molecule has 1 amide bonds. The molecule has 0 radical (unpaired) electrons. The van der Waals surface area contributed by atoms with Crippen molar-refractivity contribution in [2.24, 2.45) is 4.99 Å². The molecule has 1 saturated heterocycles. The summed E-state index contributed by atoms with van der Waals surface area (Å²) in [7, 11) is 0. The summed E-state index contributed by atoms with van der Waals surface area (Å²) in [5.41, 5.74) is 0.930. The van der Waals surface area contributed by atoms with Gasteiger partial charge in [-0.15, -0.1) is 0 Å². The number of halogens is 1. The van der Waals surface area contributed by atoms with Crippen molar-refractivity contribution in [3.8, 4) is 0 Å². The van der Waals surface area contributed by atoms with E-state index in [0.717, 1.165) is 0 Å². The SMILES string of the molecule is CCOC(=O)C1=C(C)N=C2SCCC(=O)N2[C@@H]1c1ccccc1F. The second-order valence-electron chi connectivity index (χ2n) is 5.40. The number of thioether (sulfide) groups is 1. The lowest BCUT2D eigenvalue weighted by atomic mass is 9.94. The molecule has 3 rings (SSSR count). The van der Waals surface area contributed by atoms with E-state index in [0.29, 0.717) is 23.0 Å². The van der Waals surface area contributed by atoms with Gasteiger partial charge in [0, 0.05) is 17.7 Å². The Morgan fingerprint density at radius 3 is 2.92 bits per heavy atom. The van der Waals surface area contributed by atoms with E-state index in [1.54, 1.807) is 32.0 Å². The second-order valence-corrected chi connectivity index (χ2v) is 6.46. The highest BCUT2D eigenvalue weighted by atomic mass is 32.2. The fourth-order valence-electron chi connectivity index (χ4n) is 2.86. The molecule has 0 aromatic heterocycles. The van der Waals surface area contributed by atoms with Crippen LogP contribution in [-0.4, -0.2) is 34.3 Å². The van der Waals surface area contributed by atoms with Crippen molar-refractivity contribution in [3.63, 3.8) is 0 Å². The van der Waals surface area contributed by atoms with Gasteiger partial charge in [-0.1, -0.05) is 30.0 Å². The zero-order valence-electron chi connectivity index (χ0n) is 13.4. The molecule has 2 aliphatic heterocycles. The van der Waals surface area contributed by atoms with Crippen molar-refractivity contribution in [1.82, 2.24) is 4.90 Å². The topological polar surface area (TPSA) is 59.0 Å². The number of amidine groups is 1. The number of hydrogen-bond donors (Lipinski definition) is 0. The maximum Gasteiger partial charge on any atom is 0.338 e. The third-order valence-electron chi connectivity index (χ3n) is 3.90. The molecule has 126 valence electrons. The van der Waals surface area contributed by atoms with E-state index in [4.69, 9.17) is 4.74 Å². The van der Waals surface area contributed by atoms with Gasteiger partial charge >= 0.3 is 5.97 Å². The Labute approximate surface area is 143 Å². The molecule has 0 aliphatic carbocycles. The van der Waals surface area contributed by atoms with Gasteiger partial charge in [0.1, 0.15) is 11.9 Å². The summed E-state index contributed by atoms with van der Waals surface area (Å²) in [5, 5.41) is 0.505. The quantitative estimate of drug-likeness (QED) is 0.788. The van der Waals surface area contributed by atoms with Gasteiger partial charge in [-0.25, -0.2) is 14.2 Å². The number of esters is 1. The molecule has 1 aromatic carbocycles. The first-order chi connectivity index (χ1) is 11.5. The van der Waals surface area contributed by atoms with E-state index < -0.39 is 17.8 Å². The van der Waals surface area contributed by atoms with Crippen molar-refractivity contribution in [3.05, 3.63) is 46.9 Å². The Morgan fingerprint density at radius 2 is 2.21 bits per heavy atom. The van der Waals surface area contributed by atoms with E-state index in [9.17, 15) is 14.0 Å². The zero-order chi connectivity index (χ0) is 17.3. The molecule has 2 aliphatic rings. The van der Waals surface area contributed by atoms with Crippen LogP contribution in [0.3, 0.4) is 0 Å². The average Bonchev–Trinajstić information content (AvgIpc) is 2.54. The van der Waals surface area contributed by atoms with Crippen LogP contribution >= 0.6 is 11.8 Å². The number of carbonyl (C=O) groups excluding carboxylic acids is 2. The van der Waals surface area contributed by atoms with E-state index in [1.165, 1.54) is 22.7 Å². The molecule has 0 bridgehead atoms. The van der Waals surface area contributed by atoms with Crippen molar-refractivity contribution < 1.29 is 18.7 Å². The third kappa shape index (κ3) is 2.84. The lowest BCUT2D eigenvalue weighted by molar-refractivity contribution is -0.139. The second kappa shape index (κ2) is 6.76. The minimum atomic E-state index is -0.849. The summed E-state index contributed by atoms with van der Waals surface area (Å²) in [4.78, 5) is 30.8. The van der Waals surface area contributed by atoms with Gasteiger partial charge in [0.2, 0.25) is 5.91 Å². The van der Waals surface area contributed by atoms with E-state index in [-0.39, 0.29) is 23.7 Å². The van der Waals surface area contributed by atoms with Crippen LogP contribution in [0.2, 0.25) is 0 Å². The molecular weight excluding hydrogens is 331 g/mol. The number of rotatable bonds is 3. The molecule has 2 heterocycles. The third-order valence-corrected chi connectivity index (χ3v) is 4.86. The Kier molecular flexibility index (Phi) is 4.71. The van der Waals surface area contributed by atoms with Gasteiger partial charge in [0.25, 0.3) is 0 Å². The van der Waals surface area contributed by atoms with Gasteiger partial charge in [0.15, 0.2) is 5.17 Å². The number of allylic oxidation sites excluding steroid dienone is 1. The Balaban J connectivity index is 2.18. The largest absolute Gasteiger partial charge is 0.463 e. The number of fused-ring (bicyclic) bond motifs is 1. The Hall–Kier alpha value is -2.15. The highest BCUT2D eigenvalue weighted by Gasteiger charge is 2.42. The molecule has 1 fully saturated rings. The summed E-state index contributed by atoms with van der Waals surface area (Å²) in [6.07, 6.45) is 0.323. The monoisotopic (exact) mass is 348 g/mol. The number of amides is 1. The van der Waals surface area contributed by atoms with Crippen LogP contribution in [0.25, 0.3) is 0 Å². The fourth-order valence-corrected chi connectivity index (χ4v) is 3.86. The van der Waals surface area contributed by atoms with Crippen LogP contribution in [0.4, 0.5) is 4.39 Å². The summed E-state index contributed by atoms with van der Waals surface area (Å²) < 4.78 is 19.6. The van der Waals surface area contributed by atoms with E-state index in [2.05, 4.69) is 4.99 Å². The molecule has 0 saturated carbocycles. The van der Waals surface area contributed by atoms with Crippen LogP contribution in [0.15, 0.2) is 40.5 Å². The van der Waals surface area contributed by atoms with Crippen LogP contribution in [0, 0.1) is 5.82 Å². The molecule has 0 spiro atoms. The normalized spacial score (nSPS) is 20.6. The highest BCUT2D eigenvalue weighted by molar-refractivity contribution is 8.14. The lowest BCUT2D eigenvalue weighted by Crippen LogP contribution is -2.46. The lowest BCUT2D eigenvalue weighted by Gasteiger charge is -2.38. The molecule has 1 aromatic rings. The van der Waals surface area contributed by atoms with Gasteiger partial charge in [-0.2, -0.15) is 0 Å². The molecule has 0 N–H and O–H groups in total. The van der Waals surface area contributed by atoms with E-state index >= 15 is 0 Å². The number of hydrogen-bond acceptors (Lipinski definition) is 5. The number of nitrogens with zero attached hydrogens (tertiary/aromatic N) is 2. The Morgan fingerprint density at radius 1 is 1.46 bits per heavy atom. The predicted molar refractivity (Wildman–Crippen MR) is 89.8 cm³/mol. The minimum absolute atomic E-state index is 0.171. The zero-order valence-corrected chi connectivity index (χ0v) is 14.2. The highest BCUT2D eigenvalue weighted by Crippen LogP contribution is 2.40. The maximum atomic E-state index is 14.5. The Bertz CT molecular complexity index is 760. The van der Waals surface area contributed by atoms with Gasteiger partial charge in [-0.3, -0.25) is 9.69 Å². The van der Waals surface area contributed by atoms with Crippen molar-refractivity contribution in [1.29, 1.82) is 0 Å². The van der Waals surface area contributed by atoms with Crippen LogP contribution < -0.4 is 0 Å². The maximum absolute atomic E-state index is 14.5. The van der Waals surface area contributed by atoms with Crippen molar-refractivity contribution in [2.75, 3.05) is 12.4 Å². The fraction of sp³-hybridized carbons (Fsp3) is 0.353. The van der Waals surface area contributed by atoms with Gasteiger partial charge in [0.05, 0.1) is 17.9 Å². The van der Waals surface area contributed by atoms with E-state index in [1.807, 2.05) is 0 Å². The number of ether oxygens (including phenoxy) is 1. The first kappa shape index (κ1) is 16.7. The predicted octanol–water partition coefficient (Wildman–Crippen LogP) is 3.04. The smallest absolute Gasteiger partial charge is 0.338 e. The first-order valence-corrected chi connectivity index (χ1v) is 8.69.